The van der Waals surface area contributed by atoms with E-state index in [-0.39, 0.29) is 5.91 Å². The van der Waals surface area contributed by atoms with Crippen LogP contribution < -0.4 is 0 Å². The number of rotatable bonds is 2. The van der Waals surface area contributed by atoms with Crippen molar-refractivity contribution >= 4 is 16.9 Å². The predicted octanol–water partition coefficient (Wildman–Crippen LogP) is 1.23. The third kappa shape index (κ3) is 1.96. The largest absolute Gasteiger partial charge is 0.386 e. The summed E-state index contributed by atoms with van der Waals surface area (Å²) < 4.78 is 0. The molecule has 0 unspecified atom stereocenters. The highest BCUT2D eigenvalue weighted by molar-refractivity contribution is 6.05. The van der Waals surface area contributed by atoms with E-state index in [0.29, 0.717) is 36.1 Å². The van der Waals surface area contributed by atoms with Crippen molar-refractivity contribution in [3.05, 3.63) is 36.2 Å². The molecule has 0 saturated carbocycles. The number of carbonyl (C=O) groups excluding carboxylic acids is 1. The van der Waals surface area contributed by atoms with Gasteiger partial charge in [0, 0.05) is 12.4 Å². The Kier molecular flexibility index (Phi) is 2.71. The molecule has 0 bridgehead atoms. The summed E-state index contributed by atoms with van der Waals surface area (Å²) in [5.74, 6) is -0.0933. The van der Waals surface area contributed by atoms with Gasteiger partial charge >= 0.3 is 0 Å². The van der Waals surface area contributed by atoms with Gasteiger partial charge in [-0.2, -0.15) is 0 Å². The van der Waals surface area contributed by atoms with Gasteiger partial charge in [-0.05, 0) is 18.6 Å². The SMILES string of the molecule is CCC1(O)CN(C(=O)c2cccc3nccnc23)C1. The topological polar surface area (TPSA) is 66.3 Å². The maximum Gasteiger partial charge on any atom is 0.256 e. The lowest BCUT2D eigenvalue weighted by Gasteiger charge is -2.46. The highest BCUT2D eigenvalue weighted by Crippen LogP contribution is 2.27. The lowest BCUT2D eigenvalue weighted by molar-refractivity contribution is -0.0825. The molecule has 0 aliphatic carbocycles. The minimum Gasteiger partial charge on any atom is -0.386 e. The standard InChI is InChI=1S/C14H15N3O2/c1-2-14(19)8-17(9-14)13(18)10-4-3-5-11-12(10)16-7-6-15-11/h3-7,19H,2,8-9H2,1H3. The second kappa shape index (κ2) is 4.28. The zero-order valence-electron chi connectivity index (χ0n) is 10.7. The minimum atomic E-state index is -0.716. The van der Waals surface area contributed by atoms with Crippen molar-refractivity contribution in [3.8, 4) is 0 Å². The molecule has 2 aromatic rings. The zero-order valence-corrected chi connectivity index (χ0v) is 10.7. The van der Waals surface area contributed by atoms with E-state index in [0.717, 1.165) is 0 Å². The molecule has 1 fully saturated rings. The van der Waals surface area contributed by atoms with Crippen LogP contribution in [0.3, 0.4) is 0 Å². The van der Waals surface area contributed by atoms with Crippen LogP contribution in [0.1, 0.15) is 23.7 Å². The summed E-state index contributed by atoms with van der Waals surface area (Å²) in [6.45, 7) is 2.70. The van der Waals surface area contributed by atoms with Crippen molar-refractivity contribution in [2.45, 2.75) is 18.9 Å². The third-order valence-electron chi connectivity index (χ3n) is 3.64. The Morgan fingerprint density at radius 3 is 2.84 bits per heavy atom. The van der Waals surface area contributed by atoms with Crippen LogP contribution in [0.25, 0.3) is 11.0 Å². The number of hydrogen-bond acceptors (Lipinski definition) is 4. The molecule has 1 aromatic heterocycles. The van der Waals surface area contributed by atoms with Crippen LogP contribution in [-0.2, 0) is 0 Å². The molecule has 1 aromatic carbocycles. The molecule has 19 heavy (non-hydrogen) atoms. The second-order valence-corrected chi connectivity index (χ2v) is 4.97. The van der Waals surface area contributed by atoms with E-state index < -0.39 is 5.60 Å². The fourth-order valence-electron chi connectivity index (χ4n) is 2.37. The predicted molar refractivity (Wildman–Crippen MR) is 70.7 cm³/mol. The molecule has 0 radical (unpaired) electrons. The van der Waals surface area contributed by atoms with Gasteiger partial charge in [0.25, 0.3) is 5.91 Å². The van der Waals surface area contributed by atoms with Gasteiger partial charge < -0.3 is 10.0 Å². The van der Waals surface area contributed by atoms with E-state index in [1.54, 1.807) is 29.4 Å². The number of benzene rings is 1. The molecular formula is C14H15N3O2. The van der Waals surface area contributed by atoms with Crippen LogP contribution in [0.5, 0.6) is 0 Å². The molecule has 3 rings (SSSR count). The number of aromatic nitrogens is 2. The van der Waals surface area contributed by atoms with Crippen LogP contribution >= 0.6 is 0 Å². The number of likely N-dealkylation sites (tertiary alicyclic amines) is 1. The van der Waals surface area contributed by atoms with E-state index in [2.05, 4.69) is 9.97 Å². The van der Waals surface area contributed by atoms with E-state index in [9.17, 15) is 9.90 Å². The summed E-state index contributed by atoms with van der Waals surface area (Å²) >= 11 is 0. The van der Waals surface area contributed by atoms with Gasteiger partial charge in [-0.25, -0.2) is 0 Å². The van der Waals surface area contributed by atoms with Crippen molar-refractivity contribution in [3.63, 3.8) is 0 Å². The molecule has 1 saturated heterocycles. The molecule has 5 nitrogen and oxygen atoms in total. The zero-order chi connectivity index (χ0) is 13.5. The second-order valence-electron chi connectivity index (χ2n) is 4.97. The normalized spacial score (nSPS) is 17.3. The van der Waals surface area contributed by atoms with Crippen LogP contribution in [0.15, 0.2) is 30.6 Å². The van der Waals surface area contributed by atoms with E-state index in [1.165, 1.54) is 0 Å². The minimum absolute atomic E-state index is 0.0933. The number of fused-ring (bicyclic) bond motifs is 1. The number of amides is 1. The molecule has 5 heteroatoms. The summed E-state index contributed by atoms with van der Waals surface area (Å²) in [5.41, 5.74) is 1.15. The van der Waals surface area contributed by atoms with E-state index in [1.807, 2.05) is 13.0 Å². The van der Waals surface area contributed by atoms with Crippen LogP contribution in [-0.4, -0.2) is 44.6 Å². The molecule has 98 valence electrons. The first-order valence-electron chi connectivity index (χ1n) is 6.34. The van der Waals surface area contributed by atoms with Crippen molar-refractivity contribution < 1.29 is 9.90 Å². The number of aliphatic hydroxyl groups is 1. The first kappa shape index (κ1) is 12.0. The van der Waals surface area contributed by atoms with Gasteiger partial charge in [0.15, 0.2) is 0 Å². The number of carbonyl (C=O) groups is 1. The molecule has 0 atom stereocenters. The Morgan fingerprint density at radius 2 is 2.11 bits per heavy atom. The van der Waals surface area contributed by atoms with Crippen molar-refractivity contribution in [1.82, 2.24) is 14.9 Å². The Labute approximate surface area is 110 Å². The molecule has 0 spiro atoms. The fourth-order valence-corrected chi connectivity index (χ4v) is 2.37. The first-order chi connectivity index (χ1) is 9.13. The average Bonchev–Trinajstić information content (AvgIpc) is 2.42. The lowest BCUT2D eigenvalue weighted by atomic mass is 9.90. The van der Waals surface area contributed by atoms with Gasteiger partial charge in [-0.3, -0.25) is 14.8 Å². The number of para-hydroxylation sites is 1. The molecule has 1 N–H and O–H groups in total. The summed E-state index contributed by atoms with van der Waals surface area (Å²) in [7, 11) is 0. The fraction of sp³-hybridized carbons (Fsp3) is 0.357. The van der Waals surface area contributed by atoms with Crippen LogP contribution in [0.2, 0.25) is 0 Å². The van der Waals surface area contributed by atoms with Crippen LogP contribution in [0.4, 0.5) is 0 Å². The molecule has 1 aliphatic rings. The summed E-state index contributed by atoms with van der Waals surface area (Å²) in [6.07, 6.45) is 3.85. The Bertz CT molecular complexity index is 630. The Morgan fingerprint density at radius 1 is 1.37 bits per heavy atom. The maximum atomic E-state index is 12.4. The smallest absolute Gasteiger partial charge is 0.256 e. The van der Waals surface area contributed by atoms with Gasteiger partial charge in [0.2, 0.25) is 0 Å². The van der Waals surface area contributed by atoms with Gasteiger partial charge in [0.05, 0.1) is 29.8 Å². The Balaban J connectivity index is 1.91. The highest BCUT2D eigenvalue weighted by atomic mass is 16.3. The quantitative estimate of drug-likeness (QED) is 0.878. The summed E-state index contributed by atoms with van der Waals surface area (Å²) in [5, 5.41) is 9.98. The lowest BCUT2D eigenvalue weighted by Crippen LogP contribution is -2.63. The van der Waals surface area contributed by atoms with Crippen LogP contribution in [0, 0.1) is 0 Å². The van der Waals surface area contributed by atoms with Crippen molar-refractivity contribution in [2.75, 3.05) is 13.1 Å². The maximum absolute atomic E-state index is 12.4. The van der Waals surface area contributed by atoms with Gasteiger partial charge in [0.1, 0.15) is 5.52 Å². The van der Waals surface area contributed by atoms with Gasteiger partial charge in [-0.15, -0.1) is 0 Å². The molecule has 1 amide bonds. The molecule has 2 heterocycles. The molecule has 1 aliphatic heterocycles. The van der Waals surface area contributed by atoms with E-state index in [4.69, 9.17) is 0 Å². The Hall–Kier alpha value is -2.01. The monoisotopic (exact) mass is 257 g/mol. The average molecular weight is 257 g/mol. The third-order valence-corrected chi connectivity index (χ3v) is 3.64. The van der Waals surface area contributed by atoms with Gasteiger partial charge in [-0.1, -0.05) is 13.0 Å². The number of β-amino-alcohol motifs (C(OH)–C–C–N with tert-alkyl or cyclic N) is 1. The van der Waals surface area contributed by atoms with Crippen molar-refractivity contribution in [2.24, 2.45) is 0 Å². The molecular weight excluding hydrogens is 242 g/mol. The first-order valence-corrected chi connectivity index (χ1v) is 6.34. The number of hydrogen-bond donors (Lipinski definition) is 1. The summed E-state index contributed by atoms with van der Waals surface area (Å²) in [6, 6.07) is 5.39. The van der Waals surface area contributed by atoms with Crippen molar-refractivity contribution in [1.29, 1.82) is 0 Å². The number of nitrogens with zero attached hydrogens (tertiary/aromatic N) is 3. The summed E-state index contributed by atoms with van der Waals surface area (Å²) in [4.78, 5) is 22.5. The van der Waals surface area contributed by atoms with E-state index >= 15 is 0 Å². The highest BCUT2D eigenvalue weighted by Gasteiger charge is 2.42.